The van der Waals surface area contributed by atoms with Crippen LogP contribution in [0.1, 0.15) is 26.3 Å². The predicted molar refractivity (Wildman–Crippen MR) is 85.4 cm³/mol. The van der Waals surface area contributed by atoms with Crippen LogP contribution in [0.2, 0.25) is 0 Å². The van der Waals surface area contributed by atoms with Crippen LogP contribution in [-0.2, 0) is 16.1 Å². The maximum Gasteiger partial charge on any atom is 0.429 e. The summed E-state index contributed by atoms with van der Waals surface area (Å²) in [7, 11) is 0. The van der Waals surface area contributed by atoms with Crippen molar-refractivity contribution in [1.29, 1.82) is 0 Å². The summed E-state index contributed by atoms with van der Waals surface area (Å²) in [4.78, 5) is 24.5. The van der Waals surface area contributed by atoms with E-state index in [-0.39, 0.29) is 19.7 Å². The minimum Gasteiger partial charge on any atom is -0.443 e. The van der Waals surface area contributed by atoms with Crippen LogP contribution < -0.4 is 0 Å². The van der Waals surface area contributed by atoms with Crippen LogP contribution in [0.3, 0.4) is 0 Å². The average Bonchev–Trinajstić information content (AvgIpc) is 2.86. The number of rotatable bonds is 2. The Labute approximate surface area is 136 Å². The van der Waals surface area contributed by atoms with Gasteiger partial charge in [-0.05, 0) is 31.9 Å². The largest absolute Gasteiger partial charge is 0.443 e. The van der Waals surface area contributed by atoms with Gasteiger partial charge in [-0.1, -0.05) is 36.9 Å². The highest BCUT2D eigenvalue weighted by atomic mass is 16.6. The van der Waals surface area contributed by atoms with Gasteiger partial charge in [0.25, 0.3) is 0 Å². The lowest BCUT2D eigenvalue weighted by Gasteiger charge is -2.29. The molecule has 1 heterocycles. The zero-order valence-corrected chi connectivity index (χ0v) is 13.7. The molecule has 6 heteroatoms. The van der Waals surface area contributed by atoms with Crippen molar-refractivity contribution in [3.63, 3.8) is 0 Å². The van der Waals surface area contributed by atoms with Crippen molar-refractivity contribution in [2.75, 3.05) is 13.1 Å². The molecule has 2 rings (SSSR count). The molecule has 0 bridgehead atoms. The number of carbonyl (C=O) groups excluding carboxylic acids is 2. The van der Waals surface area contributed by atoms with Gasteiger partial charge in [0.15, 0.2) is 0 Å². The molecule has 1 saturated heterocycles. The van der Waals surface area contributed by atoms with E-state index in [0.717, 1.165) is 11.1 Å². The van der Waals surface area contributed by atoms with E-state index in [0.29, 0.717) is 0 Å². The molecular formula is C17H22N2O4. The van der Waals surface area contributed by atoms with Gasteiger partial charge < -0.3 is 9.47 Å². The van der Waals surface area contributed by atoms with Gasteiger partial charge in [-0.15, -0.1) is 0 Å². The highest BCUT2D eigenvalue weighted by Crippen LogP contribution is 2.20. The van der Waals surface area contributed by atoms with Gasteiger partial charge in [0.2, 0.25) is 0 Å². The second-order valence-electron chi connectivity index (χ2n) is 6.39. The molecule has 1 aromatic carbocycles. The third-order valence-electron chi connectivity index (χ3n) is 3.06. The molecule has 0 radical (unpaired) electrons. The van der Waals surface area contributed by atoms with Crippen molar-refractivity contribution in [1.82, 2.24) is 10.0 Å². The maximum absolute atomic E-state index is 12.3. The van der Waals surface area contributed by atoms with E-state index in [9.17, 15) is 9.59 Å². The summed E-state index contributed by atoms with van der Waals surface area (Å²) in [6.07, 6.45) is -1.19. The zero-order chi connectivity index (χ0) is 17.0. The lowest BCUT2D eigenvalue weighted by Crippen LogP contribution is -2.47. The van der Waals surface area contributed by atoms with E-state index < -0.39 is 17.8 Å². The van der Waals surface area contributed by atoms with Crippen LogP contribution >= 0.6 is 0 Å². The molecule has 0 spiro atoms. The molecule has 2 amide bonds. The lowest BCUT2D eigenvalue weighted by atomic mass is 10.2. The molecule has 0 aliphatic carbocycles. The van der Waals surface area contributed by atoms with Gasteiger partial charge >= 0.3 is 12.2 Å². The van der Waals surface area contributed by atoms with Crippen LogP contribution in [0.4, 0.5) is 9.59 Å². The van der Waals surface area contributed by atoms with Crippen molar-refractivity contribution < 1.29 is 19.1 Å². The summed E-state index contributed by atoms with van der Waals surface area (Å²) < 4.78 is 10.6. The summed E-state index contributed by atoms with van der Waals surface area (Å²) in [6.45, 7) is 9.78. The Balaban J connectivity index is 1.99. The Bertz CT molecular complexity index is 592. The molecule has 124 valence electrons. The summed E-state index contributed by atoms with van der Waals surface area (Å²) in [6, 6.07) is 9.35. The first kappa shape index (κ1) is 16.9. The van der Waals surface area contributed by atoms with Gasteiger partial charge in [-0.25, -0.2) is 19.6 Å². The number of carbonyl (C=O) groups is 2. The van der Waals surface area contributed by atoms with Gasteiger partial charge in [0.05, 0.1) is 13.1 Å². The second-order valence-corrected chi connectivity index (χ2v) is 6.39. The number of ether oxygens (including phenoxy) is 2. The fourth-order valence-electron chi connectivity index (χ4n) is 2.08. The van der Waals surface area contributed by atoms with E-state index in [1.54, 1.807) is 20.8 Å². The van der Waals surface area contributed by atoms with Crippen LogP contribution in [0.25, 0.3) is 0 Å². The summed E-state index contributed by atoms with van der Waals surface area (Å²) >= 11 is 0. The predicted octanol–water partition coefficient (Wildman–Crippen LogP) is 3.35. The van der Waals surface area contributed by atoms with Crippen molar-refractivity contribution >= 4 is 12.2 Å². The minimum absolute atomic E-state index is 0.144. The van der Waals surface area contributed by atoms with Crippen LogP contribution in [0, 0.1) is 0 Å². The van der Waals surface area contributed by atoms with E-state index in [1.807, 2.05) is 30.3 Å². The molecule has 0 atom stereocenters. The molecule has 0 N–H and O–H groups in total. The fraction of sp³-hybridized carbons (Fsp3) is 0.412. The van der Waals surface area contributed by atoms with Crippen molar-refractivity contribution in [2.24, 2.45) is 0 Å². The second kappa shape index (κ2) is 6.73. The van der Waals surface area contributed by atoms with Gasteiger partial charge in [0, 0.05) is 0 Å². The highest BCUT2D eigenvalue weighted by Gasteiger charge is 2.36. The fourth-order valence-corrected chi connectivity index (χ4v) is 2.08. The first-order valence-corrected chi connectivity index (χ1v) is 7.41. The molecular weight excluding hydrogens is 296 g/mol. The van der Waals surface area contributed by atoms with Crippen molar-refractivity contribution in [2.45, 2.75) is 33.0 Å². The monoisotopic (exact) mass is 318 g/mol. The van der Waals surface area contributed by atoms with Gasteiger partial charge in [-0.2, -0.15) is 0 Å². The third kappa shape index (κ3) is 4.74. The smallest absolute Gasteiger partial charge is 0.429 e. The van der Waals surface area contributed by atoms with Crippen LogP contribution in [-0.4, -0.2) is 40.9 Å². The van der Waals surface area contributed by atoms with Gasteiger partial charge in [-0.3, -0.25) is 0 Å². The first-order valence-electron chi connectivity index (χ1n) is 7.41. The third-order valence-corrected chi connectivity index (χ3v) is 3.06. The molecule has 1 fully saturated rings. The molecule has 23 heavy (non-hydrogen) atoms. The molecule has 0 aromatic heterocycles. The molecule has 1 aromatic rings. The average molecular weight is 318 g/mol. The topological polar surface area (TPSA) is 59.1 Å². The Morgan fingerprint density at radius 1 is 1.09 bits per heavy atom. The van der Waals surface area contributed by atoms with E-state index >= 15 is 0 Å². The summed E-state index contributed by atoms with van der Waals surface area (Å²) in [5, 5.41) is 2.44. The number of amides is 2. The zero-order valence-electron chi connectivity index (χ0n) is 13.7. The van der Waals surface area contributed by atoms with Crippen LogP contribution in [0.15, 0.2) is 42.5 Å². The Morgan fingerprint density at radius 3 is 2.22 bits per heavy atom. The Kier molecular flexibility index (Phi) is 4.93. The quantitative estimate of drug-likeness (QED) is 0.785. The molecule has 1 aliphatic rings. The molecule has 0 unspecified atom stereocenters. The standard InChI is InChI=1S/C17H22N2O4/c1-13-10-18(19(11-13)16(21)23-17(2,3)4)15(20)22-12-14-8-6-5-7-9-14/h5-9H,1,10-12H2,2-4H3. The summed E-state index contributed by atoms with van der Waals surface area (Å²) in [5.74, 6) is 0. The maximum atomic E-state index is 12.3. The number of benzene rings is 1. The number of hydrogen-bond acceptors (Lipinski definition) is 4. The molecule has 1 aliphatic heterocycles. The Morgan fingerprint density at radius 2 is 1.65 bits per heavy atom. The highest BCUT2D eigenvalue weighted by molar-refractivity contribution is 5.76. The molecule has 0 saturated carbocycles. The van der Waals surface area contributed by atoms with E-state index in [2.05, 4.69) is 6.58 Å². The lowest BCUT2D eigenvalue weighted by molar-refractivity contribution is -0.0265. The SMILES string of the molecule is C=C1CN(C(=O)OCc2ccccc2)N(C(=O)OC(C)(C)C)C1. The number of hydrazine groups is 1. The minimum atomic E-state index is -0.638. The molecule has 6 nitrogen and oxygen atoms in total. The van der Waals surface area contributed by atoms with E-state index in [4.69, 9.17) is 9.47 Å². The van der Waals surface area contributed by atoms with Crippen molar-refractivity contribution in [3.8, 4) is 0 Å². The number of nitrogens with zero attached hydrogens (tertiary/aromatic N) is 2. The van der Waals surface area contributed by atoms with Crippen molar-refractivity contribution in [3.05, 3.63) is 48.0 Å². The normalized spacial score (nSPS) is 14.8. The summed E-state index contributed by atoms with van der Waals surface area (Å²) in [5.41, 5.74) is 0.982. The van der Waals surface area contributed by atoms with E-state index in [1.165, 1.54) is 10.0 Å². The number of hydrogen-bond donors (Lipinski definition) is 0. The Hall–Kier alpha value is -2.50. The van der Waals surface area contributed by atoms with Gasteiger partial charge in [0.1, 0.15) is 12.2 Å². The first-order chi connectivity index (χ1) is 10.8. The van der Waals surface area contributed by atoms with Crippen LogP contribution in [0.5, 0.6) is 0 Å².